The van der Waals surface area contributed by atoms with Gasteiger partial charge < -0.3 is 4.57 Å². The Bertz CT molecular complexity index is 1410. The van der Waals surface area contributed by atoms with E-state index in [-0.39, 0.29) is 19.5 Å². The lowest BCUT2D eigenvalue weighted by atomic mass is 9.87. The molecule has 5 heterocycles. The lowest BCUT2D eigenvalue weighted by molar-refractivity contribution is -0.167. The molecule has 1 aliphatic rings. The van der Waals surface area contributed by atoms with Crippen LogP contribution in [0.5, 0.6) is 0 Å². The van der Waals surface area contributed by atoms with Crippen LogP contribution in [0.3, 0.4) is 0 Å². The van der Waals surface area contributed by atoms with Gasteiger partial charge in [-0.2, -0.15) is 23.5 Å². The van der Waals surface area contributed by atoms with Crippen molar-refractivity contribution in [1.82, 2.24) is 34.2 Å². The largest absolute Gasteiger partial charge is 0.401 e. The molecule has 174 valence electrons. The van der Waals surface area contributed by atoms with Crippen LogP contribution in [0, 0.1) is 18.3 Å². The summed E-state index contributed by atoms with van der Waals surface area (Å²) in [7, 11) is 1.91. The highest BCUT2D eigenvalue weighted by molar-refractivity contribution is 5.93. The molecule has 0 saturated carbocycles. The van der Waals surface area contributed by atoms with Crippen LogP contribution in [0.15, 0.2) is 42.9 Å². The lowest BCUT2D eigenvalue weighted by Gasteiger charge is -2.49. The second-order valence-corrected chi connectivity index (χ2v) is 8.64. The van der Waals surface area contributed by atoms with Gasteiger partial charge in [0, 0.05) is 37.9 Å². The van der Waals surface area contributed by atoms with Crippen LogP contribution in [0.2, 0.25) is 0 Å². The fraction of sp³-hybridized carbons (Fsp3) is 0.348. The maximum absolute atomic E-state index is 12.8. The molecule has 1 aliphatic heterocycles. The third-order valence-corrected chi connectivity index (χ3v) is 6.25. The highest BCUT2D eigenvalue weighted by atomic mass is 19.4. The van der Waals surface area contributed by atoms with E-state index >= 15 is 0 Å². The summed E-state index contributed by atoms with van der Waals surface area (Å²) < 4.78 is 41.9. The number of hydrogen-bond donors (Lipinski definition) is 0. The van der Waals surface area contributed by atoms with Crippen molar-refractivity contribution in [3.8, 4) is 28.8 Å². The van der Waals surface area contributed by atoms with E-state index in [9.17, 15) is 18.4 Å². The van der Waals surface area contributed by atoms with Gasteiger partial charge in [-0.15, -0.1) is 0 Å². The molecule has 1 saturated heterocycles. The Morgan fingerprint density at radius 1 is 1.18 bits per heavy atom. The van der Waals surface area contributed by atoms with Crippen molar-refractivity contribution in [3.63, 3.8) is 0 Å². The Morgan fingerprint density at radius 3 is 2.65 bits per heavy atom. The van der Waals surface area contributed by atoms with E-state index in [0.717, 1.165) is 22.4 Å². The topological polar surface area (TPSA) is 88.4 Å². The number of aryl methyl sites for hydroxylation is 1. The van der Waals surface area contributed by atoms with Crippen molar-refractivity contribution in [2.45, 2.75) is 25.1 Å². The van der Waals surface area contributed by atoms with Gasteiger partial charge >= 0.3 is 6.18 Å². The fourth-order valence-electron chi connectivity index (χ4n) is 4.49. The normalized spacial score (nSPS) is 15.9. The van der Waals surface area contributed by atoms with Gasteiger partial charge in [-0.1, -0.05) is 0 Å². The molecule has 0 radical (unpaired) electrons. The second kappa shape index (κ2) is 7.92. The molecule has 0 N–H and O–H groups in total. The smallest absolute Gasteiger partial charge is 0.330 e. The molecule has 0 amide bonds. The number of imidazole rings is 1. The molecule has 4 aromatic rings. The van der Waals surface area contributed by atoms with E-state index in [2.05, 4.69) is 21.1 Å². The van der Waals surface area contributed by atoms with Gasteiger partial charge in [0.05, 0.1) is 42.1 Å². The maximum atomic E-state index is 12.8. The number of aromatic nitrogens is 6. The van der Waals surface area contributed by atoms with Gasteiger partial charge in [-0.05, 0) is 31.2 Å². The standard InChI is InChI=1S/C23H21F3N8/c1-15-29-11-20(32(15)2)19-10-18-16(4-3-8-28-18)21(30-19)17-5-9-34(31-17)22(6-7-27)12-33(13-22)14-23(24,25)26/h3-5,8-11H,6,12-14H2,1-2H3. The van der Waals surface area contributed by atoms with Gasteiger partial charge in [0.2, 0.25) is 0 Å². The van der Waals surface area contributed by atoms with E-state index in [1.807, 2.05) is 36.7 Å². The monoisotopic (exact) mass is 466 g/mol. The highest BCUT2D eigenvalue weighted by Gasteiger charge is 2.48. The Morgan fingerprint density at radius 2 is 1.97 bits per heavy atom. The quantitative estimate of drug-likeness (QED) is 0.446. The predicted molar refractivity (Wildman–Crippen MR) is 118 cm³/mol. The first-order chi connectivity index (χ1) is 16.2. The molecule has 4 aromatic heterocycles. The Kier molecular flexibility index (Phi) is 5.13. The lowest BCUT2D eigenvalue weighted by Crippen LogP contribution is -2.64. The first-order valence-corrected chi connectivity index (χ1v) is 10.7. The summed E-state index contributed by atoms with van der Waals surface area (Å²) in [6.45, 7) is 1.11. The first kappa shape index (κ1) is 22.0. The summed E-state index contributed by atoms with van der Waals surface area (Å²) in [6, 6.07) is 9.50. The van der Waals surface area contributed by atoms with Crippen LogP contribution >= 0.6 is 0 Å². The molecule has 0 atom stereocenters. The average molecular weight is 466 g/mol. The van der Waals surface area contributed by atoms with E-state index in [4.69, 9.17) is 4.98 Å². The first-order valence-electron chi connectivity index (χ1n) is 10.7. The Balaban J connectivity index is 1.55. The molecule has 1 fully saturated rings. The van der Waals surface area contributed by atoms with Gasteiger partial charge in [0.1, 0.15) is 22.8 Å². The maximum Gasteiger partial charge on any atom is 0.401 e. The molecule has 5 rings (SSSR count). The molecule has 0 bridgehead atoms. The van der Waals surface area contributed by atoms with Gasteiger partial charge in [0.15, 0.2) is 0 Å². The number of likely N-dealkylation sites (tertiary alicyclic amines) is 1. The number of hydrogen-bond acceptors (Lipinski definition) is 6. The third kappa shape index (κ3) is 3.80. The summed E-state index contributed by atoms with van der Waals surface area (Å²) in [6.07, 6.45) is 0.943. The van der Waals surface area contributed by atoms with Crippen molar-refractivity contribution in [1.29, 1.82) is 5.26 Å². The Labute approximate surface area is 193 Å². The Hall–Kier alpha value is -3.78. The minimum atomic E-state index is -4.28. The molecule has 0 aliphatic carbocycles. The molecule has 0 aromatic carbocycles. The van der Waals surface area contributed by atoms with E-state index < -0.39 is 18.3 Å². The van der Waals surface area contributed by atoms with Crippen LogP contribution in [0.4, 0.5) is 13.2 Å². The number of pyridine rings is 2. The number of rotatable bonds is 5. The molecule has 34 heavy (non-hydrogen) atoms. The zero-order valence-corrected chi connectivity index (χ0v) is 18.6. The van der Waals surface area contributed by atoms with Crippen molar-refractivity contribution in [2.24, 2.45) is 7.05 Å². The van der Waals surface area contributed by atoms with Crippen molar-refractivity contribution >= 4 is 10.9 Å². The van der Waals surface area contributed by atoms with Crippen molar-refractivity contribution < 1.29 is 13.2 Å². The van der Waals surface area contributed by atoms with Gasteiger partial charge in [-0.25, -0.2) is 9.97 Å². The van der Waals surface area contributed by atoms with Crippen LogP contribution in [0.1, 0.15) is 12.2 Å². The second-order valence-electron chi connectivity index (χ2n) is 8.64. The van der Waals surface area contributed by atoms with E-state index in [0.29, 0.717) is 17.1 Å². The molecule has 11 heteroatoms. The summed E-state index contributed by atoms with van der Waals surface area (Å²) in [5.74, 6) is 0.843. The van der Waals surface area contributed by atoms with Crippen LogP contribution in [-0.4, -0.2) is 60.0 Å². The summed E-state index contributed by atoms with van der Waals surface area (Å²) in [4.78, 5) is 15.0. The molecule has 0 unspecified atom stereocenters. The third-order valence-electron chi connectivity index (χ3n) is 6.25. The van der Waals surface area contributed by atoms with E-state index in [1.165, 1.54) is 4.90 Å². The van der Waals surface area contributed by atoms with Crippen molar-refractivity contribution in [2.75, 3.05) is 19.6 Å². The van der Waals surface area contributed by atoms with Crippen LogP contribution in [-0.2, 0) is 12.6 Å². The average Bonchev–Trinajstić information content (AvgIpc) is 3.38. The fourth-order valence-corrected chi connectivity index (χ4v) is 4.49. The SMILES string of the molecule is Cc1ncc(-c2cc3ncccc3c(-c3ccn(C4(CC#N)CN(CC(F)(F)F)C4)n3)n2)n1C. The molecular weight excluding hydrogens is 445 g/mol. The molecule has 0 spiro atoms. The zero-order valence-electron chi connectivity index (χ0n) is 18.6. The van der Waals surface area contributed by atoms with Crippen LogP contribution in [0.25, 0.3) is 33.7 Å². The minimum Gasteiger partial charge on any atom is -0.330 e. The number of fused-ring (bicyclic) bond motifs is 1. The summed E-state index contributed by atoms with van der Waals surface area (Å²) in [5.41, 5.74) is 2.62. The van der Waals surface area contributed by atoms with Gasteiger partial charge in [-0.3, -0.25) is 14.6 Å². The molecular formula is C23H21F3N8. The van der Waals surface area contributed by atoms with Gasteiger partial charge in [0.25, 0.3) is 0 Å². The number of nitriles is 1. The summed E-state index contributed by atoms with van der Waals surface area (Å²) >= 11 is 0. The van der Waals surface area contributed by atoms with Crippen molar-refractivity contribution in [3.05, 3.63) is 48.7 Å². The number of alkyl halides is 3. The number of halogens is 3. The minimum absolute atomic E-state index is 0.0620. The van der Waals surface area contributed by atoms with Crippen LogP contribution < -0.4 is 0 Å². The predicted octanol–water partition coefficient (Wildman–Crippen LogP) is 3.69. The zero-order chi connectivity index (χ0) is 24.1. The van der Waals surface area contributed by atoms with E-state index in [1.54, 1.807) is 29.3 Å². The highest BCUT2D eigenvalue weighted by Crippen LogP contribution is 2.36. The number of nitrogens with zero attached hydrogens (tertiary/aromatic N) is 8. The summed E-state index contributed by atoms with van der Waals surface area (Å²) in [5, 5.41) is 14.8. The molecule has 8 nitrogen and oxygen atoms in total.